The second-order valence-electron chi connectivity index (χ2n) is 6.60. The summed E-state index contributed by atoms with van der Waals surface area (Å²) < 4.78 is 39.2. The van der Waals surface area contributed by atoms with E-state index in [-0.39, 0.29) is 37.5 Å². The van der Waals surface area contributed by atoms with Crippen molar-refractivity contribution in [3.63, 3.8) is 0 Å². The summed E-state index contributed by atoms with van der Waals surface area (Å²) in [6, 6.07) is 5.25. The molecule has 1 atom stereocenters. The molecule has 1 aromatic carbocycles. The largest absolute Gasteiger partial charge is 0.416 e. The van der Waals surface area contributed by atoms with E-state index in [9.17, 15) is 23.1 Å². The van der Waals surface area contributed by atoms with Gasteiger partial charge in [-0.2, -0.15) is 23.4 Å². The van der Waals surface area contributed by atoms with E-state index in [1.807, 2.05) is 0 Å². The summed E-state index contributed by atoms with van der Waals surface area (Å²) in [6.45, 7) is -0.240. The van der Waals surface area contributed by atoms with Gasteiger partial charge in [-0.05, 0) is 18.1 Å². The number of benzene rings is 1. The highest BCUT2D eigenvalue weighted by atomic mass is 19.4. The highest BCUT2D eigenvalue weighted by Crippen LogP contribution is 2.37. The maximum absolute atomic E-state index is 13.1. The van der Waals surface area contributed by atoms with Crippen LogP contribution < -0.4 is 5.32 Å². The van der Waals surface area contributed by atoms with Gasteiger partial charge in [0.25, 0.3) is 0 Å². The summed E-state index contributed by atoms with van der Waals surface area (Å²) in [6.07, 6.45) is 2.54. The molecule has 0 aliphatic carbocycles. The first-order valence-corrected chi connectivity index (χ1v) is 8.70. The molecule has 5 nitrogen and oxygen atoms in total. The molecule has 0 saturated heterocycles. The Bertz CT molecular complexity index is 720. The van der Waals surface area contributed by atoms with Gasteiger partial charge in [0.05, 0.1) is 5.56 Å². The number of alkyl halides is 3. The minimum Gasteiger partial charge on any atom is -0.396 e. The second-order valence-corrected chi connectivity index (χ2v) is 6.60. The average Bonchev–Trinajstić information content (AvgIpc) is 3.41. The van der Waals surface area contributed by atoms with Gasteiger partial charge in [0.1, 0.15) is 0 Å². The molecule has 146 valence electrons. The van der Waals surface area contributed by atoms with Gasteiger partial charge in [-0.15, -0.1) is 12.3 Å². The van der Waals surface area contributed by atoms with Crippen molar-refractivity contribution in [3.05, 3.63) is 35.4 Å². The third-order valence-corrected chi connectivity index (χ3v) is 4.48. The summed E-state index contributed by atoms with van der Waals surface area (Å²) in [7, 11) is 0. The van der Waals surface area contributed by atoms with Crippen LogP contribution in [0.4, 0.5) is 13.2 Å². The Morgan fingerprint density at radius 3 is 2.59 bits per heavy atom. The molecule has 1 aliphatic heterocycles. The molecule has 2 N–H and O–H groups in total. The van der Waals surface area contributed by atoms with Crippen LogP contribution in [0.5, 0.6) is 0 Å². The Hall–Kier alpha value is -2.40. The number of aliphatic hydroxyl groups is 1. The highest BCUT2D eigenvalue weighted by Gasteiger charge is 2.39. The predicted molar refractivity (Wildman–Crippen MR) is 93.6 cm³/mol. The van der Waals surface area contributed by atoms with Gasteiger partial charge in [0.2, 0.25) is 5.91 Å². The molecule has 0 bridgehead atoms. The number of rotatable bonds is 10. The Morgan fingerprint density at radius 2 is 2.00 bits per heavy atom. The normalized spacial score (nSPS) is 15.8. The Balaban J connectivity index is 1.82. The fourth-order valence-electron chi connectivity index (χ4n) is 2.82. The third-order valence-electron chi connectivity index (χ3n) is 4.48. The van der Waals surface area contributed by atoms with Gasteiger partial charge in [-0.25, -0.2) is 0 Å². The molecule has 1 unspecified atom stereocenters. The van der Waals surface area contributed by atoms with Crippen LogP contribution in [0.15, 0.2) is 34.5 Å². The first-order valence-electron chi connectivity index (χ1n) is 8.70. The number of amides is 1. The zero-order valence-corrected chi connectivity index (χ0v) is 14.8. The molecule has 0 fully saturated rings. The second kappa shape index (κ2) is 9.00. The number of carbonyl (C=O) groups is 1. The minimum absolute atomic E-state index is 0.0171. The zero-order valence-electron chi connectivity index (χ0n) is 14.8. The van der Waals surface area contributed by atoms with Crippen LogP contribution in [0.2, 0.25) is 0 Å². The summed E-state index contributed by atoms with van der Waals surface area (Å²) in [5, 5.41) is 20.0. The summed E-state index contributed by atoms with van der Waals surface area (Å²) in [4.78, 5) is 12.0. The molecule has 1 aliphatic rings. The van der Waals surface area contributed by atoms with Crippen molar-refractivity contribution in [3.8, 4) is 12.3 Å². The van der Waals surface area contributed by atoms with Gasteiger partial charge in [-0.1, -0.05) is 18.2 Å². The number of nitrogens with one attached hydrogen (secondary N) is 1. The van der Waals surface area contributed by atoms with Crippen LogP contribution in [-0.4, -0.2) is 29.8 Å². The maximum atomic E-state index is 13.1. The van der Waals surface area contributed by atoms with Crippen molar-refractivity contribution in [1.29, 1.82) is 0 Å². The SMILES string of the molecule is C#CCCC1(CCC(=O)NCC(CO)Cc2ccccc2C(F)(F)F)N=N1. The molecular weight excluding hydrogens is 359 g/mol. The molecule has 0 aromatic heterocycles. The summed E-state index contributed by atoms with van der Waals surface area (Å²) in [5.74, 6) is 1.74. The van der Waals surface area contributed by atoms with E-state index in [1.165, 1.54) is 18.2 Å². The predicted octanol–water partition coefficient (Wildman–Crippen LogP) is 3.33. The number of hydrogen-bond donors (Lipinski definition) is 2. The van der Waals surface area contributed by atoms with Crippen LogP contribution in [-0.2, 0) is 17.4 Å². The lowest BCUT2D eigenvalue weighted by Gasteiger charge is -2.18. The van der Waals surface area contributed by atoms with Gasteiger partial charge in [0, 0.05) is 44.8 Å². The van der Waals surface area contributed by atoms with Crippen molar-refractivity contribution in [2.45, 2.75) is 43.9 Å². The smallest absolute Gasteiger partial charge is 0.396 e. The van der Waals surface area contributed by atoms with Crippen LogP contribution in [0.25, 0.3) is 0 Å². The van der Waals surface area contributed by atoms with Crippen molar-refractivity contribution in [2.75, 3.05) is 13.2 Å². The molecular formula is C19H22F3N3O2. The molecule has 8 heteroatoms. The van der Waals surface area contributed by atoms with E-state index in [0.717, 1.165) is 6.07 Å². The van der Waals surface area contributed by atoms with Gasteiger partial charge in [-0.3, -0.25) is 4.79 Å². The quantitative estimate of drug-likeness (QED) is 0.610. The lowest BCUT2D eigenvalue weighted by atomic mass is 9.95. The molecule has 0 spiro atoms. The lowest BCUT2D eigenvalue weighted by molar-refractivity contribution is -0.138. The molecule has 1 amide bonds. The zero-order chi connectivity index (χ0) is 19.9. The van der Waals surface area contributed by atoms with E-state index in [4.69, 9.17) is 6.42 Å². The Morgan fingerprint density at radius 1 is 1.30 bits per heavy atom. The van der Waals surface area contributed by atoms with Crippen molar-refractivity contribution in [2.24, 2.45) is 16.1 Å². The maximum Gasteiger partial charge on any atom is 0.416 e. The van der Waals surface area contributed by atoms with E-state index >= 15 is 0 Å². The first kappa shape index (κ1) is 20.9. The molecule has 1 heterocycles. The highest BCUT2D eigenvalue weighted by molar-refractivity contribution is 5.76. The average molecular weight is 381 g/mol. The number of aliphatic hydroxyl groups excluding tert-OH is 1. The van der Waals surface area contributed by atoms with Crippen LogP contribution in [0.1, 0.15) is 36.8 Å². The topological polar surface area (TPSA) is 74.0 Å². The monoisotopic (exact) mass is 381 g/mol. The Labute approximate surface area is 156 Å². The number of nitrogens with zero attached hydrogens (tertiary/aromatic N) is 2. The van der Waals surface area contributed by atoms with Crippen molar-refractivity contribution >= 4 is 5.91 Å². The van der Waals surface area contributed by atoms with Crippen LogP contribution in [0.3, 0.4) is 0 Å². The van der Waals surface area contributed by atoms with Crippen LogP contribution >= 0.6 is 0 Å². The Kier molecular flexibility index (Phi) is 6.97. The van der Waals surface area contributed by atoms with E-state index in [1.54, 1.807) is 0 Å². The van der Waals surface area contributed by atoms with Gasteiger partial charge < -0.3 is 10.4 Å². The van der Waals surface area contributed by atoms with Gasteiger partial charge >= 0.3 is 6.18 Å². The van der Waals surface area contributed by atoms with E-state index in [0.29, 0.717) is 19.3 Å². The number of terminal acetylenes is 1. The summed E-state index contributed by atoms with van der Waals surface area (Å²) in [5.41, 5.74) is -1.17. The van der Waals surface area contributed by atoms with Crippen LogP contribution in [0, 0.1) is 18.3 Å². The molecule has 27 heavy (non-hydrogen) atoms. The third kappa shape index (κ3) is 6.36. The van der Waals surface area contributed by atoms with E-state index in [2.05, 4.69) is 21.5 Å². The fourth-order valence-corrected chi connectivity index (χ4v) is 2.82. The summed E-state index contributed by atoms with van der Waals surface area (Å²) >= 11 is 0. The number of carbonyl (C=O) groups excluding carboxylic acids is 1. The fraction of sp³-hybridized carbons (Fsp3) is 0.526. The molecule has 2 rings (SSSR count). The standard InChI is InChI=1S/C19H22F3N3O2/c1-2-3-9-18(24-25-18)10-8-17(27)23-12-14(13-26)11-15-6-4-5-7-16(15)19(20,21)22/h1,4-7,14,26H,3,8-13H2,(H,23,27). The van der Waals surface area contributed by atoms with Crippen molar-refractivity contribution in [1.82, 2.24) is 5.32 Å². The molecule has 0 radical (unpaired) electrons. The first-order chi connectivity index (χ1) is 12.8. The van der Waals surface area contributed by atoms with Crippen molar-refractivity contribution < 1.29 is 23.1 Å². The molecule has 1 aromatic rings. The minimum atomic E-state index is -4.45. The number of hydrogen-bond acceptors (Lipinski definition) is 4. The lowest BCUT2D eigenvalue weighted by Crippen LogP contribution is -2.32. The van der Waals surface area contributed by atoms with Gasteiger partial charge in [0.15, 0.2) is 5.66 Å². The van der Waals surface area contributed by atoms with E-state index < -0.39 is 23.3 Å². The number of halogens is 3. The molecule has 0 saturated carbocycles.